The maximum atomic E-state index is 12.3. The lowest BCUT2D eigenvalue weighted by atomic mass is 9.85. The first-order chi connectivity index (χ1) is 9.66. The molecule has 0 unspecified atom stereocenters. The molecule has 2 atom stereocenters. The summed E-state index contributed by atoms with van der Waals surface area (Å²) in [5, 5.41) is 3.66. The maximum absolute atomic E-state index is 12.3. The van der Waals surface area contributed by atoms with E-state index in [9.17, 15) is 9.59 Å². The Kier molecular flexibility index (Phi) is 3.44. The predicted octanol–water partition coefficient (Wildman–Crippen LogP) is 1.97. The minimum Gasteiger partial charge on any atom is -0.352 e. The van der Waals surface area contributed by atoms with Crippen LogP contribution in [-0.2, 0) is 9.59 Å². The summed E-state index contributed by atoms with van der Waals surface area (Å²) in [6.45, 7) is 0.152. The third kappa shape index (κ3) is 2.29. The van der Waals surface area contributed by atoms with Crippen molar-refractivity contribution in [3.05, 3.63) is 35.5 Å². The highest BCUT2D eigenvalue weighted by molar-refractivity contribution is 6.30. The fourth-order valence-electron chi connectivity index (χ4n) is 2.68. The SMILES string of the molecule is O=C1[C@H]2CC=C(Cl)C[C@@H]2C(=O)N1CNc1ccccn1. The minimum atomic E-state index is -0.300. The Labute approximate surface area is 121 Å². The molecule has 1 N–H and O–H groups in total. The summed E-state index contributed by atoms with van der Waals surface area (Å²) in [6, 6.07) is 5.43. The first kappa shape index (κ1) is 13.1. The number of carbonyl (C=O) groups is 2. The summed E-state index contributed by atoms with van der Waals surface area (Å²) in [5.41, 5.74) is 0. The number of carbonyl (C=O) groups excluding carboxylic acids is 2. The van der Waals surface area contributed by atoms with E-state index in [2.05, 4.69) is 10.3 Å². The van der Waals surface area contributed by atoms with Gasteiger partial charge in [-0.15, -0.1) is 0 Å². The largest absolute Gasteiger partial charge is 0.352 e. The number of imide groups is 1. The Balaban J connectivity index is 1.69. The fraction of sp³-hybridized carbons (Fsp3) is 0.357. The summed E-state index contributed by atoms with van der Waals surface area (Å²) in [4.78, 5) is 29.9. The van der Waals surface area contributed by atoms with Crippen LogP contribution in [0.3, 0.4) is 0 Å². The number of anilines is 1. The number of nitrogens with zero attached hydrogens (tertiary/aromatic N) is 2. The molecule has 20 heavy (non-hydrogen) atoms. The lowest BCUT2D eigenvalue weighted by Crippen LogP contribution is -2.35. The molecular weight excluding hydrogens is 278 g/mol. The first-order valence-corrected chi connectivity index (χ1v) is 6.89. The molecule has 1 aromatic heterocycles. The Morgan fingerprint density at radius 3 is 2.85 bits per heavy atom. The molecule has 1 aliphatic carbocycles. The van der Waals surface area contributed by atoms with Gasteiger partial charge < -0.3 is 5.32 Å². The second-order valence-corrected chi connectivity index (χ2v) is 5.44. The number of hydrogen-bond donors (Lipinski definition) is 1. The van der Waals surface area contributed by atoms with Crippen molar-refractivity contribution in [3.63, 3.8) is 0 Å². The van der Waals surface area contributed by atoms with Crippen molar-refractivity contribution in [2.75, 3.05) is 12.0 Å². The monoisotopic (exact) mass is 291 g/mol. The van der Waals surface area contributed by atoms with Crippen LogP contribution in [0, 0.1) is 11.8 Å². The maximum Gasteiger partial charge on any atom is 0.234 e. The number of allylic oxidation sites excluding steroid dienone is 2. The predicted molar refractivity (Wildman–Crippen MR) is 74.7 cm³/mol. The third-order valence-corrected chi connectivity index (χ3v) is 4.05. The zero-order valence-electron chi connectivity index (χ0n) is 10.8. The van der Waals surface area contributed by atoms with Crippen molar-refractivity contribution in [1.82, 2.24) is 9.88 Å². The van der Waals surface area contributed by atoms with Crippen LogP contribution in [0.2, 0.25) is 0 Å². The summed E-state index contributed by atoms with van der Waals surface area (Å²) in [5.74, 6) is -0.182. The van der Waals surface area contributed by atoms with Gasteiger partial charge in [-0.1, -0.05) is 23.7 Å². The number of rotatable bonds is 3. The Bertz CT molecular complexity index is 573. The molecule has 1 aliphatic heterocycles. The highest BCUT2D eigenvalue weighted by atomic mass is 35.5. The van der Waals surface area contributed by atoms with Gasteiger partial charge in [0.1, 0.15) is 5.82 Å². The van der Waals surface area contributed by atoms with Gasteiger partial charge in [0, 0.05) is 11.2 Å². The normalized spacial score (nSPS) is 25.4. The van der Waals surface area contributed by atoms with E-state index in [1.807, 2.05) is 12.1 Å². The highest BCUT2D eigenvalue weighted by Gasteiger charge is 2.48. The van der Waals surface area contributed by atoms with Crippen LogP contribution in [0.25, 0.3) is 0 Å². The number of likely N-dealkylation sites (tertiary alicyclic amines) is 1. The molecule has 3 rings (SSSR count). The second kappa shape index (κ2) is 5.25. The van der Waals surface area contributed by atoms with Gasteiger partial charge in [0.05, 0.1) is 18.5 Å². The summed E-state index contributed by atoms with van der Waals surface area (Å²) < 4.78 is 0. The van der Waals surface area contributed by atoms with E-state index in [0.29, 0.717) is 23.7 Å². The van der Waals surface area contributed by atoms with Crippen LogP contribution in [-0.4, -0.2) is 28.4 Å². The van der Waals surface area contributed by atoms with Crippen molar-refractivity contribution >= 4 is 29.2 Å². The molecule has 6 heteroatoms. The topological polar surface area (TPSA) is 62.3 Å². The molecule has 1 fully saturated rings. The average molecular weight is 292 g/mol. The summed E-state index contributed by atoms with van der Waals surface area (Å²) >= 11 is 5.97. The van der Waals surface area contributed by atoms with Crippen LogP contribution in [0.15, 0.2) is 35.5 Å². The lowest BCUT2D eigenvalue weighted by molar-refractivity contribution is -0.139. The molecule has 0 radical (unpaired) electrons. The number of halogens is 1. The van der Waals surface area contributed by atoms with Crippen molar-refractivity contribution < 1.29 is 9.59 Å². The summed E-state index contributed by atoms with van der Waals surface area (Å²) in [7, 11) is 0. The quantitative estimate of drug-likeness (QED) is 0.865. The summed E-state index contributed by atoms with van der Waals surface area (Å²) in [6.07, 6.45) is 4.51. The van der Waals surface area contributed by atoms with E-state index >= 15 is 0 Å². The van der Waals surface area contributed by atoms with Crippen molar-refractivity contribution in [1.29, 1.82) is 0 Å². The van der Waals surface area contributed by atoms with Crippen LogP contribution < -0.4 is 5.32 Å². The van der Waals surface area contributed by atoms with E-state index in [1.165, 1.54) is 4.90 Å². The first-order valence-electron chi connectivity index (χ1n) is 6.51. The molecule has 2 amide bonds. The van der Waals surface area contributed by atoms with Gasteiger partial charge in [-0.2, -0.15) is 0 Å². The number of nitrogens with one attached hydrogen (secondary N) is 1. The Hall–Kier alpha value is -1.88. The Morgan fingerprint density at radius 1 is 1.30 bits per heavy atom. The number of pyridine rings is 1. The molecular formula is C14H14ClN3O2. The number of fused-ring (bicyclic) bond motifs is 1. The van der Waals surface area contributed by atoms with Gasteiger partial charge >= 0.3 is 0 Å². The van der Waals surface area contributed by atoms with Crippen molar-refractivity contribution in [3.8, 4) is 0 Å². The molecule has 2 heterocycles. The Morgan fingerprint density at radius 2 is 2.10 bits per heavy atom. The van der Waals surface area contributed by atoms with Crippen LogP contribution in [0.5, 0.6) is 0 Å². The van der Waals surface area contributed by atoms with Gasteiger partial charge in [-0.05, 0) is 25.0 Å². The van der Waals surface area contributed by atoms with E-state index in [-0.39, 0.29) is 30.3 Å². The fourth-order valence-corrected chi connectivity index (χ4v) is 2.93. The molecule has 2 aliphatic rings. The lowest BCUT2D eigenvalue weighted by Gasteiger charge is -2.17. The van der Waals surface area contributed by atoms with Gasteiger partial charge in [0.25, 0.3) is 0 Å². The second-order valence-electron chi connectivity index (χ2n) is 4.96. The zero-order valence-corrected chi connectivity index (χ0v) is 11.5. The standard InChI is InChI=1S/C14H14ClN3O2/c15-9-4-5-10-11(7-9)14(20)18(13(10)19)8-17-12-3-1-2-6-16-12/h1-4,6,10-11H,5,7-8H2,(H,16,17)/t10-,11-/m0/s1. The molecule has 0 bridgehead atoms. The minimum absolute atomic E-state index is 0.121. The van der Waals surface area contributed by atoms with E-state index < -0.39 is 0 Å². The van der Waals surface area contributed by atoms with E-state index in [4.69, 9.17) is 11.6 Å². The molecule has 0 aromatic carbocycles. The average Bonchev–Trinajstić information content (AvgIpc) is 2.70. The zero-order chi connectivity index (χ0) is 14.1. The molecule has 1 saturated heterocycles. The van der Waals surface area contributed by atoms with Gasteiger partial charge in [-0.3, -0.25) is 14.5 Å². The number of hydrogen-bond acceptors (Lipinski definition) is 4. The van der Waals surface area contributed by atoms with Gasteiger partial charge in [0.2, 0.25) is 11.8 Å². The third-order valence-electron chi connectivity index (χ3n) is 3.74. The van der Waals surface area contributed by atoms with Crippen LogP contribution >= 0.6 is 11.6 Å². The van der Waals surface area contributed by atoms with E-state index in [1.54, 1.807) is 18.3 Å². The molecule has 0 spiro atoms. The van der Waals surface area contributed by atoms with E-state index in [0.717, 1.165) is 0 Å². The molecule has 5 nitrogen and oxygen atoms in total. The van der Waals surface area contributed by atoms with Gasteiger partial charge in [0.15, 0.2) is 0 Å². The van der Waals surface area contributed by atoms with Gasteiger partial charge in [-0.25, -0.2) is 4.98 Å². The molecule has 1 aromatic rings. The highest BCUT2D eigenvalue weighted by Crippen LogP contribution is 2.38. The van der Waals surface area contributed by atoms with Crippen LogP contribution in [0.4, 0.5) is 5.82 Å². The number of aromatic nitrogens is 1. The smallest absolute Gasteiger partial charge is 0.234 e. The van der Waals surface area contributed by atoms with Crippen LogP contribution in [0.1, 0.15) is 12.8 Å². The molecule has 104 valence electrons. The molecule has 0 saturated carbocycles. The van der Waals surface area contributed by atoms with Crippen molar-refractivity contribution in [2.45, 2.75) is 12.8 Å². The number of amides is 2. The van der Waals surface area contributed by atoms with Crippen molar-refractivity contribution in [2.24, 2.45) is 11.8 Å².